The maximum atomic E-state index is 4.37. The molecule has 0 bridgehead atoms. The molecule has 4 heteroatoms. The van der Waals surface area contributed by atoms with Crippen LogP contribution in [0.1, 0.15) is 0 Å². The second-order valence-corrected chi connectivity index (χ2v) is 3.61. The third-order valence-corrected chi connectivity index (χ3v) is 2.51. The maximum absolute atomic E-state index is 4.37. The number of imidazole rings is 1. The van der Waals surface area contributed by atoms with E-state index in [0.717, 1.165) is 17.1 Å². The van der Waals surface area contributed by atoms with E-state index in [1.54, 1.807) is 12.4 Å². The molecule has 1 radical (unpaired) electrons. The number of hydrogen-bond donors (Lipinski definition) is 0. The summed E-state index contributed by atoms with van der Waals surface area (Å²) in [5.41, 5.74) is 1.97. The van der Waals surface area contributed by atoms with E-state index in [1.807, 2.05) is 53.4 Å². The first-order valence-electron chi connectivity index (χ1n) is 5.36. The Bertz CT molecular complexity index is 551. The number of pyridine rings is 1. The van der Waals surface area contributed by atoms with E-state index in [2.05, 4.69) is 16.0 Å². The van der Waals surface area contributed by atoms with E-state index in [4.69, 9.17) is 0 Å². The number of rotatable bonds is 2. The van der Waals surface area contributed by atoms with Gasteiger partial charge in [-0.2, -0.15) is 0 Å². The zero-order valence-electron chi connectivity index (χ0n) is 9.45. The predicted molar refractivity (Wildman–Crippen MR) is 65.6 cm³/mol. The Morgan fingerprint density at radius 3 is 2.72 bits per heavy atom. The summed E-state index contributed by atoms with van der Waals surface area (Å²) < 4.78 is 2.00. The Morgan fingerprint density at radius 1 is 1.06 bits per heavy atom. The number of aromatic nitrogens is 3. The van der Waals surface area contributed by atoms with Crippen molar-refractivity contribution in [3.8, 4) is 17.1 Å². The molecular weight excluding hydrogens is 402 g/mol. The SMILES string of the molecule is [Ir].[c-]1ccccc1-c1nccn1-c1cccnc1. The second kappa shape index (κ2) is 5.71. The van der Waals surface area contributed by atoms with Crippen LogP contribution in [0.3, 0.4) is 0 Å². The van der Waals surface area contributed by atoms with Crippen LogP contribution in [0.2, 0.25) is 0 Å². The average molecular weight is 412 g/mol. The topological polar surface area (TPSA) is 30.7 Å². The fourth-order valence-corrected chi connectivity index (χ4v) is 1.74. The third kappa shape index (κ3) is 2.40. The minimum Gasteiger partial charge on any atom is -0.339 e. The summed E-state index contributed by atoms with van der Waals surface area (Å²) >= 11 is 0. The molecule has 18 heavy (non-hydrogen) atoms. The molecule has 0 aliphatic rings. The van der Waals surface area contributed by atoms with Gasteiger partial charge in [-0.15, -0.1) is 35.9 Å². The number of hydrogen-bond acceptors (Lipinski definition) is 2. The summed E-state index contributed by atoms with van der Waals surface area (Å²) in [6.45, 7) is 0. The Morgan fingerprint density at radius 2 is 2.00 bits per heavy atom. The van der Waals surface area contributed by atoms with Gasteiger partial charge in [-0.25, -0.2) is 0 Å². The first-order valence-corrected chi connectivity index (χ1v) is 5.36. The monoisotopic (exact) mass is 413 g/mol. The van der Waals surface area contributed by atoms with Crippen LogP contribution >= 0.6 is 0 Å². The van der Waals surface area contributed by atoms with Gasteiger partial charge in [0.05, 0.1) is 17.7 Å². The van der Waals surface area contributed by atoms with Crippen molar-refractivity contribution in [3.05, 3.63) is 67.3 Å². The van der Waals surface area contributed by atoms with Crippen LogP contribution in [0, 0.1) is 6.07 Å². The summed E-state index contributed by atoms with van der Waals surface area (Å²) in [5.74, 6) is 0.874. The van der Waals surface area contributed by atoms with Gasteiger partial charge in [0, 0.05) is 38.7 Å². The van der Waals surface area contributed by atoms with Gasteiger partial charge in [-0.3, -0.25) is 9.97 Å². The van der Waals surface area contributed by atoms with Crippen LogP contribution in [0.5, 0.6) is 0 Å². The fraction of sp³-hybridized carbons (Fsp3) is 0. The van der Waals surface area contributed by atoms with Gasteiger partial charge in [0.25, 0.3) is 0 Å². The van der Waals surface area contributed by atoms with E-state index in [0.29, 0.717) is 0 Å². The Hall–Kier alpha value is -1.77. The van der Waals surface area contributed by atoms with Gasteiger partial charge in [0.1, 0.15) is 0 Å². The van der Waals surface area contributed by atoms with E-state index in [1.165, 1.54) is 0 Å². The predicted octanol–water partition coefficient (Wildman–Crippen LogP) is 2.73. The molecule has 91 valence electrons. The maximum Gasteiger partial charge on any atom is 0.0603 e. The third-order valence-electron chi connectivity index (χ3n) is 2.51. The van der Waals surface area contributed by atoms with Gasteiger partial charge in [0.15, 0.2) is 0 Å². The standard InChI is InChI=1S/C14H10N3.Ir/c1-2-5-12(6-3-1)14-16-9-10-17(14)13-7-4-8-15-11-13;/h1-5,7-11H;/q-1;. The minimum atomic E-state index is 0. The second-order valence-electron chi connectivity index (χ2n) is 3.61. The van der Waals surface area contributed by atoms with Gasteiger partial charge in [0.2, 0.25) is 0 Å². The van der Waals surface area contributed by atoms with Crippen molar-refractivity contribution in [1.29, 1.82) is 0 Å². The molecule has 2 aromatic heterocycles. The molecule has 2 heterocycles. The van der Waals surface area contributed by atoms with Crippen molar-refractivity contribution in [3.63, 3.8) is 0 Å². The summed E-state index contributed by atoms with van der Waals surface area (Å²) in [6, 6.07) is 14.9. The molecule has 3 rings (SSSR count). The molecule has 0 amide bonds. The van der Waals surface area contributed by atoms with Gasteiger partial charge >= 0.3 is 0 Å². The number of nitrogens with zero attached hydrogens (tertiary/aromatic N) is 3. The Balaban J connectivity index is 0.00000120. The first-order chi connectivity index (χ1) is 8.45. The minimum absolute atomic E-state index is 0. The van der Waals surface area contributed by atoms with Gasteiger partial charge in [-0.05, 0) is 12.1 Å². The fourth-order valence-electron chi connectivity index (χ4n) is 1.74. The molecule has 0 aliphatic carbocycles. The van der Waals surface area contributed by atoms with Crippen molar-refractivity contribution in [2.24, 2.45) is 0 Å². The zero-order valence-corrected chi connectivity index (χ0v) is 11.8. The largest absolute Gasteiger partial charge is 0.339 e. The van der Waals surface area contributed by atoms with Crippen LogP contribution < -0.4 is 0 Å². The van der Waals surface area contributed by atoms with Crippen molar-refractivity contribution in [2.45, 2.75) is 0 Å². The van der Waals surface area contributed by atoms with Crippen molar-refractivity contribution in [1.82, 2.24) is 14.5 Å². The molecule has 3 nitrogen and oxygen atoms in total. The zero-order chi connectivity index (χ0) is 11.5. The van der Waals surface area contributed by atoms with E-state index < -0.39 is 0 Å². The van der Waals surface area contributed by atoms with Crippen molar-refractivity contribution in [2.75, 3.05) is 0 Å². The molecule has 0 spiro atoms. The molecule has 0 unspecified atom stereocenters. The molecule has 3 aromatic rings. The van der Waals surface area contributed by atoms with Crippen LogP contribution in [-0.2, 0) is 20.1 Å². The van der Waals surface area contributed by atoms with E-state index in [9.17, 15) is 0 Å². The summed E-state index contributed by atoms with van der Waals surface area (Å²) in [6.07, 6.45) is 7.28. The van der Waals surface area contributed by atoms with E-state index in [-0.39, 0.29) is 20.1 Å². The van der Waals surface area contributed by atoms with Crippen molar-refractivity contribution < 1.29 is 20.1 Å². The van der Waals surface area contributed by atoms with Crippen LogP contribution in [-0.4, -0.2) is 14.5 Å². The van der Waals surface area contributed by atoms with Gasteiger partial charge < -0.3 is 4.57 Å². The van der Waals surface area contributed by atoms with Crippen LogP contribution in [0.25, 0.3) is 17.1 Å². The summed E-state index contributed by atoms with van der Waals surface area (Å²) in [5, 5.41) is 0. The van der Waals surface area contributed by atoms with Gasteiger partial charge in [-0.1, -0.05) is 0 Å². The molecule has 0 saturated heterocycles. The molecule has 1 aromatic carbocycles. The van der Waals surface area contributed by atoms with Crippen LogP contribution in [0.4, 0.5) is 0 Å². The summed E-state index contributed by atoms with van der Waals surface area (Å²) in [7, 11) is 0. The average Bonchev–Trinajstić information content (AvgIpc) is 2.90. The molecule has 0 fully saturated rings. The Labute approximate surface area is 119 Å². The Kier molecular flexibility index (Phi) is 4.03. The first kappa shape index (κ1) is 12.7. The molecule has 0 atom stereocenters. The summed E-state index contributed by atoms with van der Waals surface area (Å²) in [4.78, 5) is 8.48. The molecule has 0 N–H and O–H groups in total. The van der Waals surface area contributed by atoms with E-state index >= 15 is 0 Å². The van der Waals surface area contributed by atoms with Crippen LogP contribution in [0.15, 0.2) is 61.2 Å². The van der Waals surface area contributed by atoms with Crippen molar-refractivity contribution >= 4 is 0 Å². The molecular formula is C14H10IrN3-. The number of benzene rings is 1. The quantitative estimate of drug-likeness (QED) is 0.606. The molecule has 0 saturated carbocycles. The molecule has 0 aliphatic heterocycles. The smallest absolute Gasteiger partial charge is 0.0603 e. The normalized spacial score (nSPS) is 9.78.